The Kier molecular flexibility index (Phi) is 2.87. The second-order valence-corrected chi connectivity index (χ2v) is 4.41. The second-order valence-electron chi connectivity index (χ2n) is 4.41. The molecule has 6 heteroatoms. The van der Waals surface area contributed by atoms with Crippen LogP contribution in [0.2, 0.25) is 0 Å². The van der Waals surface area contributed by atoms with Gasteiger partial charge in [0.25, 0.3) is 0 Å². The van der Waals surface area contributed by atoms with E-state index in [1.165, 1.54) is 0 Å². The summed E-state index contributed by atoms with van der Waals surface area (Å²) in [5, 5.41) is 13.1. The predicted molar refractivity (Wildman–Crippen MR) is 59.1 cm³/mol. The van der Waals surface area contributed by atoms with Gasteiger partial charge in [-0.25, -0.2) is 0 Å². The van der Waals surface area contributed by atoms with Crippen molar-refractivity contribution in [2.45, 2.75) is 19.9 Å². The fraction of sp³-hybridized carbons (Fsp3) is 0.545. The monoisotopic (exact) mass is 237 g/mol. The van der Waals surface area contributed by atoms with Crippen molar-refractivity contribution in [1.82, 2.24) is 14.7 Å². The Bertz CT molecular complexity index is 447. The Hall–Kier alpha value is -1.85. The summed E-state index contributed by atoms with van der Waals surface area (Å²) in [6, 6.07) is 1.90. The Labute approximate surface area is 98.8 Å². The van der Waals surface area contributed by atoms with Crippen molar-refractivity contribution in [3.63, 3.8) is 0 Å². The highest BCUT2D eigenvalue weighted by Gasteiger charge is 2.34. The molecule has 2 heterocycles. The minimum Gasteiger partial charge on any atom is -0.481 e. The van der Waals surface area contributed by atoms with E-state index in [0.717, 1.165) is 11.4 Å². The number of carboxylic acids is 1. The van der Waals surface area contributed by atoms with Crippen molar-refractivity contribution in [2.24, 2.45) is 13.0 Å². The van der Waals surface area contributed by atoms with Crippen molar-refractivity contribution < 1.29 is 14.7 Å². The Balaban J connectivity index is 2.05. The van der Waals surface area contributed by atoms with Gasteiger partial charge in [-0.2, -0.15) is 5.10 Å². The molecule has 1 saturated heterocycles. The van der Waals surface area contributed by atoms with Gasteiger partial charge in [0.2, 0.25) is 5.91 Å². The number of hydrogen-bond donors (Lipinski definition) is 1. The number of aliphatic carboxylic acids is 1. The summed E-state index contributed by atoms with van der Waals surface area (Å²) >= 11 is 0. The molecular weight excluding hydrogens is 222 g/mol. The van der Waals surface area contributed by atoms with Gasteiger partial charge in [-0.15, -0.1) is 0 Å². The Morgan fingerprint density at radius 3 is 2.82 bits per heavy atom. The predicted octanol–water partition coefficient (Wildman–Crippen LogP) is 0.162. The molecule has 92 valence electrons. The van der Waals surface area contributed by atoms with E-state index in [1.54, 1.807) is 9.58 Å². The number of carbonyl (C=O) groups excluding carboxylic acids is 1. The van der Waals surface area contributed by atoms with Crippen LogP contribution in [0.5, 0.6) is 0 Å². The van der Waals surface area contributed by atoms with Crippen LogP contribution in [0.4, 0.5) is 0 Å². The van der Waals surface area contributed by atoms with Crippen molar-refractivity contribution in [3.05, 3.63) is 17.5 Å². The first kappa shape index (κ1) is 11.6. The van der Waals surface area contributed by atoms with E-state index in [2.05, 4.69) is 5.10 Å². The third-order valence-corrected chi connectivity index (χ3v) is 3.08. The molecule has 1 amide bonds. The molecule has 0 spiro atoms. The zero-order chi connectivity index (χ0) is 12.6. The van der Waals surface area contributed by atoms with Crippen LogP contribution >= 0.6 is 0 Å². The van der Waals surface area contributed by atoms with Crippen molar-refractivity contribution in [2.75, 3.05) is 6.54 Å². The molecule has 1 unspecified atom stereocenters. The van der Waals surface area contributed by atoms with E-state index in [0.29, 0.717) is 6.54 Å². The molecule has 1 aromatic rings. The smallest absolute Gasteiger partial charge is 0.308 e. The first-order chi connectivity index (χ1) is 7.97. The quantitative estimate of drug-likeness (QED) is 0.812. The molecule has 2 rings (SSSR count). The largest absolute Gasteiger partial charge is 0.481 e. The molecule has 1 N–H and O–H groups in total. The van der Waals surface area contributed by atoms with Crippen LogP contribution in [0.25, 0.3) is 0 Å². The lowest BCUT2D eigenvalue weighted by Crippen LogP contribution is -2.26. The van der Waals surface area contributed by atoms with Gasteiger partial charge < -0.3 is 10.0 Å². The van der Waals surface area contributed by atoms with E-state index < -0.39 is 11.9 Å². The van der Waals surface area contributed by atoms with Gasteiger partial charge in [0.15, 0.2) is 0 Å². The second kappa shape index (κ2) is 4.20. The molecule has 6 nitrogen and oxygen atoms in total. The van der Waals surface area contributed by atoms with Crippen LogP contribution in [0.15, 0.2) is 6.07 Å². The average molecular weight is 237 g/mol. The summed E-state index contributed by atoms with van der Waals surface area (Å²) in [6.45, 7) is 2.61. The lowest BCUT2D eigenvalue weighted by molar-refractivity contribution is -0.141. The molecule has 0 radical (unpaired) electrons. The van der Waals surface area contributed by atoms with Crippen LogP contribution in [0.3, 0.4) is 0 Å². The van der Waals surface area contributed by atoms with Crippen LogP contribution in [-0.2, 0) is 23.2 Å². The maximum atomic E-state index is 11.6. The number of aryl methyl sites for hydroxylation is 2. The zero-order valence-electron chi connectivity index (χ0n) is 9.88. The van der Waals surface area contributed by atoms with Crippen molar-refractivity contribution in [3.8, 4) is 0 Å². The molecule has 17 heavy (non-hydrogen) atoms. The molecule has 0 aliphatic carbocycles. The summed E-state index contributed by atoms with van der Waals surface area (Å²) in [5.74, 6) is -1.59. The number of likely N-dealkylation sites (tertiary alicyclic amines) is 1. The first-order valence-corrected chi connectivity index (χ1v) is 5.47. The lowest BCUT2D eigenvalue weighted by Gasteiger charge is -2.13. The lowest BCUT2D eigenvalue weighted by atomic mass is 10.1. The first-order valence-electron chi connectivity index (χ1n) is 5.47. The number of nitrogens with zero attached hydrogens (tertiary/aromatic N) is 3. The molecule has 0 aromatic carbocycles. The Morgan fingerprint density at radius 1 is 1.65 bits per heavy atom. The summed E-state index contributed by atoms with van der Waals surface area (Å²) < 4.78 is 1.74. The van der Waals surface area contributed by atoms with E-state index in [1.807, 2.05) is 20.0 Å². The fourth-order valence-corrected chi connectivity index (χ4v) is 2.00. The maximum Gasteiger partial charge on any atom is 0.308 e. The summed E-state index contributed by atoms with van der Waals surface area (Å²) in [7, 11) is 1.84. The number of carbonyl (C=O) groups is 2. The number of carboxylic acid groups (broad SMARTS) is 1. The van der Waals surface area contributed by atoms with Crippen LogP contribution in [0.1, 0.15) is 17.8 Å². The molecule has 1 aliphatic heterocycles. The molecule has 1 fully saturated rings. The highest BCUT2D eigenvalue weighted by atomic mass is 16.4. The average Bonchev–Trinajstić information content (AvgIpc) is 2.73. The highest BCUT2D eigenvalue weighted by molar-refractivity contribution is 5.86. The molecule has 1 aliphatic rings. The topological polar surface area (TPSA) is 75.4 Å². The van der Waals surface area contributed by atoms with Crippen LogP contribution in [0, 0.1) is 12.8 Å². The number of rotatable bonds is 3. The normalized spacial score (nSPS) is 20.0. The van der Waals surface area contributed by atoms with Gasteiger partial charge in [-0.05, 0) is 13.0 Å². The summed E-state index contributed by atoms with van der Waals surface area (Å²) in [4.78, 5) is 24.0. The van der Waals surface area contributed by atoms with Gasteiger partial charge >= 0.3 is 5.97 Å². The van der Waals surface area contributed by atoms with Gasteiger partial charge in [-0.3, -0.25) is 14.3 Å². The van der Waals surface area contributed by atoms with Crippen molar-refractivity contribution in [1.29, 1.82) is 0 Å². The molecule has 1 atom stereocenters. The fourth-order valence-electron chi connectivity index (χ4n) is 2.00. The molecular formula is C11H15N3O3. The third kappa shape index (κ3) is 2.30. The maximum absolute atomic E-state index is 11.6. The van der Waals surface area contributed by atoms with Gasteiger partial charge in [-0.1, -0.05) is 0 Å². The molecule has 0 bridgehead atoms. The van der Waals surface area contributed by atoms with Gasteiger partial charge in [0, 0.05) is 25.7 Å². The van der Waals surface area contributed by atoms with E-state index in [-0.39, 0.29) is 18.9 Å². The minimum absolute atomic E-state index is 0.0984. The van der Waals surface area contributed by atoms with E-state index in [9.17, 15) is 9.59 Å². The number of hydrogen-bond acceptors (Lipinski definition) is 3. The van der Waals surface area contributed by atoms with Gasteiger partial charge in [0.05, 0.1) is 18.2 Å². The van der Waals surface area contributed by atoms with Crippen LogP contribution in [-0.4, -0.2) is 38.2 Å². The molecule has 0 saturated carbocycles. The molecule has 1 aromatic heterocycles. The highest BCUT2D eigenvalue weighted by Crippen LogP contribution is 2.20. The van der Waals surface area contributed by atoms with Crippen LogP contribution < -0.4 is 0 Å². The number of aromatic nitrogens is 2. The number of amides is 1. The third-order valence-electron chi connectivity index (χ3n) is 3.08. The van der Waals surface area contributed by atoms with Gasteiger partial charge in [0.1, 0.15) is 0 Å². The summed E-state index contributed by atoms with van der Waals surface area (Å²) in [6.07, 6.45) is 0.0984. The SMILES string of the molecule is Cc1cc(CN2CC(C(=O)O)CC2=O)nn1C. The Morgan fingerprint density at radius 2 is 2.35 bits per heavy atom. The standard InChI is InChI=1S/C11H15N3O3/c1-7-3-9(12-13(7)2)6-14-5-8(11(16)17)4-10(14)15/h3,8H,4-6H2,1-2H3,(H,16,17). The summed E-state index contributed by atoms with van der Waals surface area (Å²) in [5.41, 5.74) is 1.81. The minimum atomic E-state index is -0.905. The van der Waals surface area contributed by atoms with E-state index >= 15 is 0 Å². The van der Waals surface area contributed by atoms with Crippen molar-refractivity contribution >= 4 is 11.9 Å². The zero-order valence-corrected chi connectivity index (χ0v) is 9.88. The van der Waals surface area contributed by atoms with E-state index in [4.69, 9.17) is 5.11 Å².